The van der Waals surface area contributed by atoms with Crippen LogP contribution in [0, 0.1) is 13.8 Å². The number of aryl methyl sites for hydroxylation is 2. The number of fused-ring (bicyclic) bond motifs is 1. The molecule has 2 aromatic carbocycles. The molecule has 0 unspecified atom stereocenters. The molecule has 0 amide bonds. The standard InChI is InChI=1S/C27H26ClNO2S/c1-16-12-18(27(3,4)5)13-17(2)21(16)15-31-26(30)20-14-23(24-10-11-25(28)32-24)29-22-9-7-6-8-19(20)22/h6-14H,15H2,1-5H3. The van der Waals surface area contributed by atoms with Gasteiger partial charge >= 0.3 is 5.97 Å². The fourth-order valence-corrected chi connectivity index (χ4v) is 4.80. The molecule has 0 N–H and O–H groups in total. The number of halogens is 1. The number of nitrogens with zero attached hydrogens (tertiary/aromatic N) is 1. The molecule has 2 aromatic heterocycles. The van der Waals surface area contributed by atoms with Gasteiger partial charge in [0.1, 0.15) is 6.61 Å². The number of carbonyl (C=O) groups excluding carboxylic acids is 1. The molecule has 164 valence electrons. The molecule has 0 spiro atoms. The number of aromatic nitrogens is 1. The molecule has 4 rings (SSSR count). The predicted octanol–water partition coefficient (Wildman–Crippen LogP) is 7.89. The first-order valence-electron chi connectivity index (χ1n) is 10.6. The Hall–Kier alpha value is -2.69. The summed E-state index contributed by atoms with van der Waals surface area (Å²) < 4.78 is 6.50. The number of hydrogen-bond acceptors (Lipinski definition) is 4. The third-order valence-electron chi connectivity index (χ3n) is 5.67. The van der Waals surface area contributed by atoms with E-state index in [9.17, 15) is 4.79 Å². The van der Waals surface area contributed by atoms with E-state index in [0.29, 0.717) is 9.90 Å². The van der Waals surface area contributed by atoms with Crippen molar-refractivity contribution >= 4 is 39.8 Å². The largest absolute Gasteiger partial charge is 0.457 e. The van der Waals surface area contributed by atoms with Gasteiger partial charge in [-0.1, -0.05) is 62.7 Å². The van der Waals surface area contributed by atoms with Crippen molar-refractivity contribution in [3.8, 4) is 10.6 Å². The van der Waals surface area contributed by atoms with Crippen molar-refractivity contribution in [1.82, 2.24) is 4.98 Å². The Bertz CT molecular complexity index is 1290. The molecule has 0 bridgehead atoms. The van der Waals surface area contributed by atoms with Crippen LogP contribution >= 0.6 is 22.9 Å². The molecule has 0 aliphatic heterocycles. The van der Waals surface area contributed by atoms with Gasteiger partial charge in [0.2, 0.25) is 0 Å². The topological polar surface area (TPSA) is 39.2 Å². The number of thiophene rings is 1. The first kappa shape index (κ1) is 22.5. The Morgan fingerprint density at radius 3 is 2.34 bits per heavy atom. The summed E-state index contributed by atoms with van der Waals surface area (Å²) in [7, 11) is 0. The molecule has 0 atom stereocenters. The van der Waals surface area contributed by atoms with E-state index >= 15 is 0 Å². The summed E-state index contributed by atoms with van der Waals surface area (Å²) in [6, 6.07) is 17.6. The van der Waals surface area contributed by atoms with Gasteiger partial charge in [-0.25, -0.2) is 9.78 Å². The van der Waals surface area contributed by atoms with E-state index in [0.717, 1.165) is 38.2 Å². The molecule has 0 saturated heterocycles. The fourth-order valence-electron chi connectivity index (χ4n) is 3.79. The summed E-state index contributed by atoms with van der Waals surface area (Å²) in [6.45, 7) is 11.0. The number of hydrogen-bond donors (Lipinski definition) is 0. The van der Waals surface area contributed by atoms with Gasteiger partial charge in [-0.3, -0.25) is 0 Å². The smallest absolute Gasteiger partial charge is 0.339 e. The van der Waals surface area contributed by atoms with Crippen LogP contribution in [-0.4, -0.2) is 11.0 Å². The summed E-state index contributed by atoms with van der Waals surface area (Å²) in [6.07, 6.45) is 0. The molecule has 0 fully saturated rings. The summed E-state index contributed by atoms with van der Waals surface area (Å²) in [5.41, 5.74) is 6.65. The molecule has 0 radical (unpaired) electrons. The lowest BCUT2D eigenvalue weighted by Gasteiger charge is -2.22. The monoisotopic (exact) mass is 463 g/mol. The number of ether oxygens (including phenoxy) is 1. The van der Waals surface area contributed by atoms with Crippen LogP contribution in [0.1, 0.15) is 53.4 Å². The molecule has 2 heterocycles. The van der Waals surface area contributed by atoms with E-state index in [-0.39, 0.29) is 18.0 Å². The van der Waals surface area contributed by atoms with Gasteiger partial charge in [-0.05, 0) is 65.8 Å². The Kier molecular flexibility index (Phi) is 6.11. The Labute approximate surface area is 198 Å². The minimum Gasteiger partial charge on any atom is -0.457 e. The third-order valence-corrected chi connectivity index (χ3v) is 6.93. The number of pyridine rings is 1. The molecular formula is C27H26ClNO2S. The van der Waals surface area contributed by atoms with Crippen molar-refractivity contribution in [2.45, 2.75) is 46.6 Å². The van der Waals surface area contributed by atoms with E-state index in [1.807, 2.05) is 36.4 Å². The average Bonchev–Trinajstić information content (AvgIpc) is 3.17. The summed E-state index contributed by atoms with van der Waals surface area (Å²) in [5.74, 6) is -0.355. The van der Waals surface area contributed by atoms with Crippen LogP contribution in [0.5, 0.6) is 0 Å². The van der Waals surface area contributed by atoms with Gasteiger partial charge in [0.05, 0.1) is 26.0 Å². The van der Waals surface area contributed by atoms with Gasteiger partial charge in [0.15, 0.2) is 0 Å². The highest BCUT2D eigenvalue weighted by molar-refractivity contribution is 7.19. The highest BCUT2D eigenvalue weighted by Crippen LogP contribution is 2.33. The van der Waals surface area contributed by atoms with Gasteiger partial charge in [-0.15, -0.1) is 11.3 Å². The number of benzene rings is 2. The third kappa shape index (κ3) is 4.57. The maximum atomic E-state index is 13.2. The lowest BCUT2D eigenvalue weighted by atomic mass is 9.84. The van der Waals surface area contributed by atoms with Crippen LogP contribution in [0.3, 0.4) is 0 Å². The lowest BCUT2D eigenvalue weighted by molar-refractivity contribution is 0.0474. The van der Waals surface area contributed by atoms with Crippen LogP contribution in [0.2, 0.25) is 4.34 Å². The van der Waals surface area contributed by atoms with Crippen molar-refractivity contribution in [1.29, 1.82) is 0 Å². The van der Waals surface area contributed by atoms with Crippen LogP contribution < -0.4 is 0 Å². The number of para-hydroxylation sites is 1. The average molecular weight is 464 g/mol. The molecule has 32 heavy (non-hydrogen) atoms. The maximum absolute atomic E-state index is 13.2. The van der Waals surface area contributed by atoms with Gasteiger partial charge in [-0.2, -0.15) is 0 Å². The molecule has 4 aromatic rings. The second kappa shape index (κ2) is 8.68. The minimum atomic E-state index is -0.355. The van der Waals surface area contributed by atoms with E-state index in [2.05, 4.69) is 46.8 Å². The SMILES string of the molecule is Cc1cc(C(C)(C)C)cc(C)c1COC(=O)c1cc(-c2ccc(Cl)s2)nc2ccccc12. The molecule has 0 aliphatic rings. The van der Waals surface area contributed by atoms with E-state index in [4.69, 9.17) is 21.3 Å². The highest BCUT2D eigenvalue weighted by Gasteiger charge is 2.19. The number of carbonyl (C=O) groups is 1. The zero-order valence-electron chi connectivity index (χ0n) is 19.0. The van der Waals surface area contributed by atoms with Crippen molar-refractivity contribution in [2.24, 2.45) is 0 Å². The first-order chi connectivity index (χ1) is 15.1. The van der Waals surface area contributed by atoms with Crippen LogP contribution in [-0.2, 0) is 16.8 Å². The summed E-state index contributed by atoms with van der Waals surface area (Å²) in [5, 5.41) is 0.778. The van der Waals surface area contributed by atoms with Gasteiger partial charge in [0.25, 0.3) is 0 Å². The Morgan fingerprint density at radius 1 is 1.03 bits per heavy atom. The lowest BCUT2D eigenvalue weighted by Crippen LogP contribution is -2.13. The fraction of sp³-hybridized carbons (Fsp3) is 0.259. The van der Waals surface area contributed by atoms with Crippen molar-refractivity contribution in [3.05, 3.63) is 86.8 Å². The van der Waals surface area contributed by atoms with Crippen LogP contribution in [0.15, 0.2) is 54.6 Å². The van der Waals surface area contributed by atoms with Crippen molar-refractivity contribution < 1.29 is 9.53 Å². The molecule has 5 heteroatoms. The Balaban J connectivity index is 1.66. The second-order valence-electron chi connectivity index (χ2n) is 9.09. The zero-order chi connectivity index (χ0) is 23.0. The molecule has 0 saturated carbocycles. The maximum Gasteiger partial charge on any atom is 0.339 e. The van der Waals surface area contributed by atoms with E-state index in [1.54, 1.807) is 6.07 Å². The number of esters is 1. The first-order valence-corrected chi connectivity index (χ1v) is 11.8. The number of rotatable bonds is 4. The molecule has 0 aliphatic carbocycles. The van der Waals surface area contributed by atoms with Crippen molar-refractivity contribution in [3.63, 3.8) is 0 Å². The quantitative estimate of drug-likeness (QED) is 0.289. The van der Waals surface area contributed by atoms with Crippen molar-refractivity contribution in [2.75, 3.05) is 0 Å². The normalized spacial score (nSPS) is 11.7. The van der Waals surface area contributed by atoms with E-state index < -0.39 is 0 Å². The van der Waals surface area contributed by atoms with Crippen LogP contribution in [0.4, 0.5) is 0 Å². The van der Waals surface area contributed by atoms with E-state index in [1.165, 1.54) is 16.9 Å². The molecular weight excluding hydrogens is 438 g/mol. The van der Waals surface area contributed by atoms with Gasteiger partial charge in [0, 0.05) is 5.39 Å². The highest BCUT2D eigenvalue weighted by atomic mass is 35.5. The Morgan fingerprint density at radius 2 is 1.72 bits per heavy atom. The predicted molar refractivity (Wildman–Crippen MR) is 134 cm³/mol. The summed E-state index contributed by atoms with van der Waals surface area (Å²) >= 11 is 7.55. The molecule has 3 nitrogen and oxygen atoms in total. The second-order valence-corrected chi connectivity index (χ2v) is 10.8. The van der Waals surface area contributed by atoms with Crippen LogP contribution in [0.25, 0.3) is 21.5 Å². The zero-order valence-corrected chi connectivity index (χ0v) is 20.5. The minimum absolute atomic E-state index is 0.0712. The summed E-state index contributed by atoms with van der Waals surface area (Å²) in [4.78, 5) is 18.8. The van der Waals surface area contributed by atoms with Gasteiger partial charge < -0.3 is 4.74 Å².